The highest BCUT2D eigenvalue weighted by Gasteiger charge is 2.29. The standard InChI is InChI=1S/C15H24BrClN2/c1-10(15(2,3)4)19(5)14(9-18)12-7-6-11(17)8-13(12)16/h6-8,10,14H,9,18H2,1-5H3. The second-order valence-corrected chi connectivity index (χ2v) is 7.42. The SMILES string of the molecule is CC(N(C)C(CN)c1ccc(Cl)cc1Br)C(C)(C)C. The van der Waals surface area contributed by atoms with Gasteiger partial charge in [-0.25, -0.2) is 0 Å². The molecule has 2 nitrogen and oxygen atoms in total. The summed E-state index contributed by atoms with van der Waals surface area (Å²) in [6.45, 7) is 9.57. The minimum atomic E-state index is 0.181. The molecule has 0 saturated carbocycles. The maximum atomic E-state index is 6.00. The van der Waals surface area contributed by atoms with Crippen molar-refractivity contribution in [1.82, 2.24) is 4.90 Å². The highest BCUT2D eigenvalue weighted by atomic mass is 79.9. The fourth-order valence-corrected chi connectivity index (χ4v) is 3.11. The topological polar surface area (TPSA) is 29.3 Å². The quantitative estimate of drug-likeness (QED) is 0.870. The van der Waals surface area contributed by atoms with Crippen molar-refractivity contribution < 1.29 is 0 Å². The molecular formula is C15H24BrClN2. The summed E-state index contributed by atoms with van der Waals surface area (Å²) in [4.78, 5) is 2.34. The lowest BCUT2D eigenvalue weighted by molar-refractivity contribution is 0.0998. The zero-order valence-electron chi connectivity index (χ0n) is 12.4. The van der Waals surface area contributed by atoms with E-state index in [1.807, 2.05) is 12.1 Å². The van der Waals surface area contributed by atoms with Crippen molar-refractivity contribution in [2.45, 2.75) is 39.8 Å². The van der Waals surface area contributed by atoms with E-state index in [9.17, 15) is 0 Å². The van der Waals surface area contributed by atoms with Crippen LogP contribution in [0, 0.1) is 5.41 Å². The van der Waals surface area contributed by atoms with E-state index >= 15 is 0 Å². The van der Waals surface area contributed by atoms with Crippen molar-refractivity contribution in [2.75, 3.05) is 13.6 Å². The third kappa shape index (κ3) is 4.19. The number of hydrogen-bond donors (Lipinski definition) is 1. The number of halogens is 2. The van der Waals surface area contributed by atoms with Crippen molar-refractivity contribution in [3.05, 3.63) is 33.3 Å². The summed E-state index contributed by atoms with van der Waals surface area (Å²) in [7, 11) is 2.13. The van der Waals surface area contributed by atoms with E-state index in [4.69, 9.17) is 17.3 Å². The van der Waals surface area contributed by atoms with Crippen LogP contribution in [0.4, 0.5) is 0 Å². The molecule has 1 aromatic rings. The second kappa shape index (κ2) is 6.57. The third-order valence-electron chi connectivity index (χ3n) is 3.90. The fourth-order valence-electron chi connectivity index (χ4n) is 2.17. The van der Waals surface area contributed by atoms with E-state index in [0.29, 0.717) is 12.6 Å². The Morgan fingerprint density at radius 3 is 2.37 bits per heavy atom. The molecule has 2 N–H and O–H groups in total. The number of likely N-dealkylation sites (N-methyl/N-ethyl adjacent to an activating group) is 1. The van der Waals surface area contributed by atoms with E-state index in [2.05, 4.69) is 61.6 Å². The van der Waals surface area contributed by atoms with E-state index in [-0.39, 0.29) is 11.5 Å². The molecule has 0 bridgehead atoms. The largest absolute Gasteiger partial charge is 0.329 e. The Labute approximate surface area is 130 Å². The monoisotopic (exact) mass is 346 g/mol. The molecule has 1 aromatic carbocycles. The molecule has 0 amide bonds. The zero-order chi connectivity index (χ0) is 14.8. The van der Waals surface area contributed by atoms with Gasteiger partial charge in [0.15, 0.2) is 0 Å². The van der Waals surface area contributed by atoms with Crippen LogP contribution in [-0.2, 0) is 0 Å². The predicted octanol–water partition coefficient (Wildman–Crippen LogP) is 4.47. The molecule has 0 radical (unpaired) electrons. The van der Waals surface area contributed by atoms with E-state index in [0.717, 1.165) is 9.50 Å². The molecule has 108 valence electrons. The summed E-state index contributed by atoms with van der Waals surface area (Å²) in [5.74, 6) is 0. The minimum Gasteiger partial charge on any atom is -0.329 e. The van der Waals surface area contributed by atoms with Gasteiger partial charge in [0.25, 0.3) is 0 Å². The molecule has 0 heterocycles. The van der Waals surface area contributed by atoms with Gasteiger partial charge in [-0.1, -0.05) is 54.4 Å². The smallest absolute Gasteiger partial charge is 0.0481 e. The highest BCUT2D eigenvalue weighted by molar-refractivity contribution is 9.10. The summed E-state index contributed by atoms with van der Waals surface area (Å²) >= 11 is 9.59. The van der Waals surface area contributed by atoms with Crippen molar-refractivity contribution >= 4 is 27.5 Å². The minimum absolute atomic E-state index is 0.181. The molecule has 0 aliphatic heterocycles. The van der Waals surface area contributed by atoms with Gasteiger partial charge in [-0.05, 0) is 37.1 Å². The Morgan fingerprint density at radius 1 is 1.37 bits per heavy atom. The van der Waals surface area contributed by atoms with E-state index < -0.39 is 0 Å². The van der Waals surface area contributed by atoms with Gasteiger partial charge in [-0.15, -0.1) is 0 Å². The Kier molecular flexibility index (Phi) is 5.87. The van der Waals surface area contributed by atoms with E-state index in [1.54, 1.807) is 0 Å². The first-order valence-corrected chi connectivity index (χ1v) is 7.72. The van der Waals surface area contributed by atoms with Crippen LogP contribution in [0.25, 0.3) is 0 Å². The highest BCUT2D eigenvalue weighted by Crippen LogP contribution is 2.33. The van der Waals surface area contributed by atoms with Gasteiger partial charge in [0.1, 0.15) is 0 Å². The van der Waals surface area contributed by atoms with Crippen LogP contribution in [-0.4, -0.2) is 24.5 Å². The Bertz CT molecular complexity index is 429. The molecule has 0 aromatic heterocycles. The average Bonchev–Trinajstić information content (AvgIpc) is 2.30. The van der Waals surface area contributed by atoms with Crippen molar-refractivity contribution in [1.29, 1.82) is 0 Å². The lowest BCUT2D eigenvalue weighted by atomic mass is 9.86. The molecule has 4 heteroatoms. The maximum Gasteiger partial charge on any atom is 0.0481 e. The molecule has 0 spiro atoms. The molecular weight excluding hydrogens is 324 g/mol. The Morgan fingerprint density at radius 2 is 1.95 bits per heavy atom. The summed E-state index contributed by atoms with van der Waals surface area (Å²) < 4.78 is 1.02. The molecule has 19 heavy (non-hydrogen) atoms. The first kappa shape index (κ1) is 17.0. The van der Waals surface area contributed by atoms with Gasteiger partial charge in [0, 0.05) is 28.1 Å². The lowest BCUT2D eigenvalue weighted by Crippen LogP contribution is -2.43. The molecule has 0 fully saturated rings. The third-order valence-corrected chi connectivity index (χ3v) is 4.82. The number of nitrogens with zero attached hydrogens (tertiary/aromatic N) is 1. The summed E-state index contributed by atoms with van der Waals surface area (Å²) in [5, 5.41) is 0.734. The summed E-state index contributed by atoms with van der Waals surface area (Å²) in [6.07, 6.45) is 0. The number of nitrogens with two attached hydrogens (primary N) is 1. The number of benzene rings is 1. The van der Waals surface area contributed by atoms with Crippen LogP contribution < -0.4 is 5.73 Å². The summed E-state index contributed by atoms with van der Waals surface area (Å²) in [6, 6.07) is 6.50. The number of hydrogen-bond acceptors (Lipinski definition) is 2. The molecule has 0 saturated heterocycles. The van der Waals surface area contributed by atoms with E-state index in [1.165, 1.54) is 5.56 Å². The molecule has 0 aliphatic rings. The van der Waals surface area contributed by atoms with Gasteiger partial charge in [0.2, 0.25) is 0 Å². The van der Waals surface area contributed by atoms with Gasteiger partial charge < -0.3 is 5.73 Å². The van der Waals surface area contributed by atoms with Crippen molar-refractivity contribution in [3.63, 3.8) is 0 Å². The maximum absolute atomic E-state index is 6.00. The Balaban J connectivity index is 3.06. The van der Waals surface area contributed by atoms with Crippen molar-refractivity contribution in [3.8, 4) is 0 Å². The predicted molar refractivity (Wildman–Crippen MR) is 87.6 cm³/mol. The van der Waals surface area contributed by atoms with Crippen LogP contribution in [0.1, 0.15) is 39.3 Å². The van der Waals surface area contributed by atoms with Crippen LogP contribution >= 0.6 is 27.5 Å². The molecule has 1 rings (SSSR count). The first-order chi connectivity index (χ1) is 8.68. The van der Waals surface area contributed by atoms with Gasteiger partial charge in [-0.2, -0.15) is 0 Å². The van der Waals surface area contributed by atoms with Crippen LogP contribution in [0.2, 0.25) is 5.02 Å². The van der Waals surface area contributed by atoms with Gasteiger partial charge in [0.05, 0.1) is 0 Å². The average molecular weight is 348 g/mol. The Hall–Kier alpha value is -0.0900. The summed E-state index contributed by atoms with van der Waals surface area (Å²) in [5.41, 5.74) is 7.39. The zero-order valence-corrected chi connectivity index (χ0v) is 14.7. The molecule has 2 unspecified atom stereocenters. The van der Waals surface area contributed by atoms with Gasteiger partial charge in [-0.3, -0.25) is 4.90 Å². The van der Waals surface area contributed by atoms with Gasteiger partial charge >= 0.3 is 0 Å². The second-order valence-electron chi connectivity index (χ2n) is 6.12. The first-order valence-electron chi connectivity index (χ1n) is 6.55. The lowest BCUT2D eigenvalue weighted by Gasteiger charge is -2.40. The number of rotatable bonds is 4. The normalized spacial score (nSPS) is 15.6. The van der Waals surface area contributed by atoms with Crippen LogP contribution in [0.15, 0.2) is 22.7 Å². The fraction of sp³-hybridized carbons (Fsp3) is 0.600. The van der Waals surface area contributed by atoms with Crippen molar-refractivity contribution in [2.24, 2.45) is 11.1 Å². The van der Waals surface area contributed by atoms with Crippen LogP contribution in [0.5, 0.6) is 0 Å². The van der Waals surface area contributed by atoms with Crippen LogP contribution in [0.3, 0.4) is 0 Å². The molecule has 2 atom stereocenters. The molecule has 0 aliphatic carbocycles.